The molecule has 0 aliphatic carbocycles. The fourth-order valence-corrected chi connectivity index (χ4v) is 16.5. The smallest absolute Gasteiger partial charge is 0.364 e. The lowest BCUT2D eigenvalue weighted by atomic mass is 9.88. The van der Waals surface area contributed by atoms with Gasteiger partial charge in [-0.05, 0) is 0 Å². The van der Waals surface area contributed by atoms with Crippen LogP contribution in [0.2, 0.25) is 0 Å². The zero-order valence-corrected chi connectivity index (χ0v) is 68.9. The largest absolute Gasteiger partial charge is 0.477 e. The number of carbonyl (C=O) groups excluding carboxylic acids is 4. The molecule has 0 aromatic carbocycles. The highest BCUT2D eigenvalue weighted by Crippen LogP contribution is 2.42. The van der Waals surface area contributed by atoms with E-state index in [0.29, 0.717) is 0 Å². The highest BCUT2D eigenvalue weighted by atomic mass is 16.8. The summed E-state index contributed by atoms with van der Waals surface area (Å²) in [5.41, 5.74) is 0. The van der Waals surface area contributed by atoms with Gasteiger partial charge in [0.2, 0.25) is 23.6 Å². The number of nitrogens with one attached hydrogen (secondary N) is 4. The fraction of sp³-hybridized carbons (Fsp3) is 0.930. The number of amides is 4. The molecule has 4 amide bonds. The number of ether oxygens (including phenoxy) is 19. The third kappa shape index (κ3) is 23.6. The number of aliphatic carboxylic acids is 1. The highest BCUT2D eigenvalue weighted by molar-refractivity contribution is 5.77. The van der Waals surface area contributed by atoms with Crippen LogP contribution < -0.4 is 21.3 Å². The van der Waals surface area contributed by atoms with Gasteiger partial charge in [0.25, 0.3) is 5.79 Å². The van der Waals surface area contributed by atoms with Crippen molar-refractivity contribution >= 4 is 29.6 Å². The summed E-state index contributed by atoms with van der Waals surface area (Å²) >= 11 is 0. The maximum atomic E-state index is 13.2. The van der Waals surface area contributed by atoms with Crippen LogP contribution in [0.3, 0.4) is 0 Å². The van der Waals surface area contributed by atoms with Crippen molar-refractivity contribution < 1.29 is 267 Å². The first-order chi connectivity index (χ1) is 60.8. The number of hydrogen-bond donors (Lipinski definition) is 34. The molecule has 129 heavy (non-hydrogen) atoms. The van der Waals surface area contributed by atoms with Crippen molar-refractivity contribution in [3.63, 3.8) is 0 Å². The van der Waals surface area contributed by atoms with Crippen molar-refractivity contribution in [2.45, 2.75) is 347 Å². The minimum Gasteiger partial charge on any atom is -0.477 e. The zero-order chi connectivity index (χ0) is 95.3. The van der Waals surface area contributed by atoms with Crippen molar-refractivity contribution in [3.05, 3.63) is 0 Å². The number of carbonyl (C=O) groups is 5. The van der Waals surface area contributed by atoms with Crippen LogP contribution in [0.15, 0.2) is 0 Å². The SMILES string of the molecule is CC(=O)N[C@@H]1[C@H](O[C@H]2[C@H](O)[C@@H](NC(C)=O)C(O)O[C@@H]2CO)O[C@H](CO)[C@@H](O[C@@H]2O[C@H](CO[C@H]3O[C@H](CO[C@H]4O[C@H](CO[C@@H]5O[C@H](CO)[C@@H](O[C@@H]6O[C@H](CO)[C@H](O)[C@H](O[C@]7(C(=O)O)C[C@H](O)[C@@H](NC(C)=O)[C@H]([C@H](O)[C@H](O)CO)O7)[C@H]6O)[C@H](O)[C@H]5NC(C)=O)[C@@H](O)[C@H](O)[C@@H]4O)[C@@H](O)[C@H](O[C@H]4O[C@H](CO)[C@@H](O)[C@H](O)[C@@H]4O)[C@@H]3O)[C@@H](O)[C@H](O[C@H]3O[C@H](CO)[C@@H](O)[C@H](O)[C@@H]3O)[C@@H]2O)[C@@H]1O. The first kappa shape index (κ1) is 106. The second kappa shape index (κ2) is 46.1. The normalized spacial score (nSPS) is 48.1. The Morgan fingerprint density at radius 2 is 0.612 bits per heavy atom. The van der Waals surface area contributed by atoms with Crippen molar-refractivity contribution in [2.75, 3.05) is 66.1 Å². The summed E-state index contributed by atoms with van der Waals surface area (Å²) in [5, 5.41) is 342. The average Bonchev–Trinajstić information content (AvgIpc) is 0.754. The van der Waals surface area contributed by atoms with Crippen LogP contribution in [-0.2, 0) is 114 Å². The third-order valence-corrected chi connectivity index (χ3v) is 23.4. The zero-order valence-electron chi connectivity index (χ0n) is 68.9. The lowest BCUT2D eigenvalue weighted by molar-refractivity contribution is -0.388. The molecule has 0 aromatic heterocycles. The van der Waals surface area contributed by atoms with Crippen LogP contribution >= 0.6 is 0 Å². The predicted octanol–water partition coefficient (Wildman–Crippen LogP) is -23.0. The lowest BCUT2D eigenvalue weighted by Crippen LogP contribution is -2.71. The Morgan fingerprint density at radius 3 is 1.04 bits per heavy atom. The van der Waals surface area contributed by atoms with E-state index >= 15 is 0 Å². The van der Waals surface area contributed by atoms with E-state index in [4.69, 9.17) is 90.0 Å². The molecule has 0 saturated carbocycles. The minimum atomic E-state index is -3.27. The van der Waals surface area contributed by atoms with E-state index in [1.165, 1.54) is 0 Å². The Bertz CT molecular complexity index is 3550. The van der Waals surface area contributed by atoms with Gasteiger partial charge in [-0.3, -0.25) is 19.2 Å². The first-order valence-corrected chi connectivity index (χ1v) is 40.8. The molecular formula is C71H118N4O54. The van der Waals surface area contributed by atoms with Gasteiger partial charge in [-0.15, -0.1) is 0 Å². The second-order valence-corrected chi connectivity index (χ2v) is 32.5. The summed E-state index contributed by atoms with van der Waals surface area (Å²) < 4.78 is 111. The minimum absolute atomic E-state index is 0.785. The molecular weight excluding hydrogens is 1770 g/mol. The predicted molar refractivity (Wildman–Crippen MR) is 393 cm³/mol. The standard InChI is InChI=1S/C71H118N4O54/c1-16(83)72-31-20(87)5-71(70(109)110,128-57(31)35(89)21(88)6-76)129-60-39(93)24(9-79)117-69(53(60)107)125-55-26(11-81)118-62(33(43(55)97)74-18(3)85)111-13-28-38(92)47(101)48(102)64(120-28)112-14-29-40(94)58(126-66-49(103)45(99)36(90)22(7-77)115-66)51(105)65(121-29)113-15-30-41(95)59(127-67-50(104)46(100)37(91)23(8-78)116-67)52(106)68(122-30)124-56-27(12-82)119-63(34(44(56)98)75-19(4)86)123-54-25(10-80)114-61(108)32(42(54)96)73-17(2)84/h20-69,76-82,87-108H,5-15H2,1-4H3,(H,72,83)(H,73,84)(H,74,85)(H,75,86)(H,109,110)/t20-,21+,22+,23+,24+,25+,26+,27+,28+,29+,30+,31+,32+,33+,34-,35+,36+,37+,38+,39-,40+,41+,42+,43+,44+,45-,46-,47-,48-,49-,50-,51-,52-,53+,54+,55+,56+,57+,58-,59-,60-,61?,62+,63-,64-,65-,66+,67+,68-,69-,71-/m0/s1. The van der Waals surface area contributed by atoms with Crippen LogP contribution in [0.1, 0.15) is 34.1 Å². The molecule has 0 radical (unpaired) electrons. The summed E-state index contributed by atoms with van der Waals surface area (Å²) in [7, 11) is 0. The molecule has 34 N–H and O–H groups in total. The molecule has 0 bridgehead atoms. The molecule has 10 fully saturated rings. The Morgan fingerprint density at radius 1 is 0.318 bits per heavy atom. The first-order valence-electron chi connectivity index (χ1n) is 40.8. The molecule has 10 saturated heterocycles. The molecule has 58 heteroatoms. The third-order valence-electron chi connectivity index (χ3n) is 23.4. The van der Waals surface area contributed by atoms with Crippen LogP contribution in [0.5, 0.6) is 0 Å². The fourth-order valence-electron chi connectivity index (χ4n) is 16.5. The number of rotatable bonds is 35. The van der Waals surface area contributed by atoms with Crippen molar-refractivity contribution in [3.8, 4) is 0 Å². The van der Waals surface area contributed by atoms with E-state index in [2.05, 4.69) is 21.3 Å². The highest BCUT2D eigenvalue weighted by Gasteiger charge is 2.64. The van der Waals surface area contributed by atoms with Crippen molar-refractivity contribution in [2.24, 2.45) is 0 Å². The molecule has 10 aliphatic heterocycles. The van der Waals surface area contributed by atoms with Crippen LogP contribution in [0, 0.1) is 0 Å². The maximum absolute atomic E-state index is 13.2. The van der Waals surface area contributed by atoms with Gasteiger partial charge in [0.1, 0.15) is 238 Å². The van der Waals surface area contributed by atoms with Crippen LogP contribution in [0.4, 0.5) is 0 Å². The molecule has 10 heterocycles. The number of carboxylic acid groups (broad SMARTS) is 1. The van der Waals surface area contributed by atoms with Gasteiger partial charge in [0, 0.05) is 34.1 Å². The van der Waals surface area contributed by atoms with Gasteiger partial charge in [0.15, 0.2) is 56.6 Å². The van der Waals surface area contributed by atoms with Crippen molar-refractivity contribution in [1.29, 1.82) is 0 Å². The van der Waals surface area contributed by atoms with E-state index in [0.717, 1.165) is 27.7 Å². The molecule has 746 valence electrons. The van der Waals surface area contributed by atoms with Gasteiger partial charge < -0.3 is 264 Å². The number of carboxylic acids is 1. The van der Waals surface area contributed by atoms with E-state index in [9.17, 15) is 177 Å². The van der Waals surface area contributed by atoms with Gasteiger partial charge in [-0.25, -0.2) is 4.79 Å². The summed E-state index contributed by atoms with van der Waals surface area (Å²) in [5.74, 6) is -8.94. The average molecular weight is 1890 g/mol. The van der Waals surface area contributed by atoms with E-state index in [1.54, 1.807) is 0 Å². The van der Waals surface area contributed by atoms with Crippen molar-refractivity contribution in [1.82, 2.24) is 21.3 Å². The Hall–Kier alpha value is -4.57. The summed E-state index contributed by atoms with van der Waals surface area (Å²) in [6.45, 7) is -7.43. The number of aliphatic hydroxyl groups is 29. The topological polar surface area (TPSA) is 916 Å². The Kier molecular flexibility index (Phi) is 38.0. The van der Waals surface area contributed by atoms with E-state index in [1.807, 2.05) is 0 Å². The van der Waals surface area contributed by atoms with Crippen LogP contribution in [0.25, 0.3) is 0 Å². The quantitative estimate of drug-likeness (QED) is 0.0280. The summed E-state index contributed by atoms with van der Waals surface area (Å²) in [4.78, 5) is 63.2. The summed E-state index contributed by atoms with van der Waals surface area (Å²) in [6.07, 6.45) is -99.9. The molecule has 0 aromatic rings. The number of aliphatic hydroxyl groups excluding tert-OH is 29. The molecule has 10 rings (SSSR count). The van der Waals surface area contributed by atoms with Gasteiger partial charge in [-0.2, -0.15) is 0 Å². The van der Waals surface area contributed by atoms with E-state index < -0.39 is 414 Å². The van der Waals surface area contributed by atoms with Gasteiger partial charge in [0.05, 0.1) is 78.2 Å². The molecule has 51 atom stereocenters. The van der Waals surface area contributed by atoms with Gasteiger partial charge in [-0.1, -0.05) is 0 Å². The molecule has 58 nitrogen and oxygen atoms in total. The molecule has 10 aliphatic rings. The summed E-state index contributed by atoms with van der Waals surface area (Å²) in [6, 6.07) is -7.15. The maximum Gasteiger partial charge on any atom is 0.364 e. The van der Waals surface area contributed by atoms with E-state index in [-0.39, 0.29) is 0 Å². The Balaban J connectivity index is 0.874. The number of hydrogen-bond acceptors (Lipinski definition) is 53. The van der Waals surface area contributed by atoms with Gasteiger partial charge >= 0.3 is 5.97 Å². The lowest BCUT2D eigenvalue weighted by Gasteiger charge is -2.51. The molecule has 1 unspecified atom stereocenters. The molecule has 0 spiro atoms. The monoisotopic (exact) mass is 1890 g/mol. The Labute approximate surface area is 728 Å². The van der Waals surface area contributed by atoms with Crippen LogP contribution in [-0.4, -0.2) is 561 Å². The second-order valence-electron chi connectivity index (χ2n) is 32.5.